The van der Waals surface area contributed by atoms with Crippen molar-refractivity contribution >= 4 is 40.3 Å². The van der Waals surface area contributed by atoms with E-state index >= 15 is 0 Å². The number of para-hydroxylation sites is 1. The molecule has 0 saturated carbocycles. The smallest absolute Gasteiger partial charge is 0.254 e. The molecular weight excluding hydrogens is 973 g/mol. The first kappa shape index (κ1) is 50.3. The van der Waals surface area contributed by atoms with Crippen LogP contribution in [-0.2, 0) is 9.59 Å². The number of benzene rings is 2. The monoisotopic (exact) mass is 1040 g/mol. The summed E-state index contributed by atoms with van der Waals surface area (Å²) in [6.07, 6.45) is 4.44. The molecule has 4 bridgehead atoms. The second-order valence-electron chi connectivity index (χ2n) is 21.1. The Labute approximate surface area is 440 Å². The van der Waals surface area contributed by atoms with Gasteiger partial charge in [0.1, 0.15) is 30.9 Å². The Morgan fingerprint density at radius 3 is 2.35 bits per heavy atom. The number of rotatable bonds is 18. The van der Waals surface area contributed by atoms with E-state index in [1.54, 1.807) is 29.5 Å². The fourth-order valence-corrected chi connectivity index (χ4v) is 12.9. The SMILES string of the molecule is Cc1ncsc1-c1ccc([C@H](C)NC(=O)[C@@H]2C[C@@H](O)CN2C(=O)C(c2cc(OCCN3C4CC3CN(CCOc3cc(N5C6CCC5CN(c5cc(-c7ccccc7O)nnc5N)C6)ccn3)C4)no2)C(C)C)cc1. The van der Waals surface area contributed by atoms with Crippen LogP contribution in [0.2, 0.25) is 0 Å². The quantitative estimate of drug-likeness (QED) is 0.0787. The summed E-state index contributed by atoms with van der Waals surface area (Å²) in [5, 5.41) is 37.0. The number of phenolic OH excluding ortho intramolecular Hbond substituents is 1. The van der Waals surface area contributed by atoms with Crippen LogP contribution in [0.15, 0.2) is 89.0 Å². The number of aromatic hydroxyl groups is 1. The van der Waals surface area contributed by atoms with E-state index in [0.717, 1.165) is 91.6 Å². The Balaban J connectivity index is 0.627. The molecule has 4 aromatic heterocycles. The van der Waals surface area contributed by atoms with Crippen molar-refractivity contribution in [3.63, 3.8) is 0 Å². The van der Waals surface area contributed by atoms with Crippen molar-refractivity contribution in [3.05, 3.63) is 102 Å². The Morgan fingerprint density at radius 1 is 0.867 bits per heavy atom. The molecule has 5 N–H and O–H groups in total. The van der Waals surface area contributed by atoms with Crippen LogP contribution in [0.1, 0.15) is 75.4 Å². The van der Waals surface area contributed by atoms with Crippen LogP contribution in [0.5, 0.6) is 17.5 Å². The third-order valence-electron chi connectivity index (χ3n) is 15.9. The van der Waals surface area contributed by atoms with Gasteiger partial charge in [0, 0.05) is 106 Å². The number of piperazine rings is 2. The van der Waals surface area contributed by atoms with Gasteiger partial charge in [-0.3, -0.25) is 19.4 Å². The highest BCUT2D eigenvalue weighted by atomic mass is 32.1. The Hall–Kier alpha value is -6.87. The zero-order chi connectivity index (χ0) is 51.9. The van der Waals surface area contributed by atoms with Gasteiger partial charge in [0.15, 0.2) is 11.6 Å². The van der Waals surface area contributed by atoms with Gasteiger partial charge >= 0.3 is 0 Å². The molecule has 6 aliphatic heterocycles. The standard InChI is InChI=1S/C55H66N12O7S/c1-32(2)51(55(71)66-30-42(68)23-46(66)54(70)59-33(3)35-9-11-36(12-10-35)52-34(4)58-31-75-52)48-25-50(62-74-48)73-20-18-65-40-21-41(65)27-63(26-40)17-19-72-49-22-37(15-16-57-49)67-38-13-14-39(67)29-64(28-38)45-24-44(60-61-53(45)56)43-7-5-6-8-47(43)69/h5-12,15-16,22,24-25,31-33,38-42,46,51,68-69H,13-14,17-21,23,26-30H2,1-4H3,(H2,56,61)(H,59,70)/t33-,38?,39?,40?,41?,42+,46-,51?/m0/s1. The molecule has 6 saturated heterocycles. The molecule has 2 aromatic carbocycles. The number of likely N-dealkylation sites (tertiary alicyclic amines) is 1. The lowest BCUT2D eigenvalue weighted by Crippen LogP contribution is -2.69. The number of carbonyl (C=O) groups is 2. The van der Waals surface area contributed by atoms with Crippen molar-refractivity contribution in [2.45, 2.75) is 102 Å². The zero-order valence-electron chi connectivity index (χ0n) is 42.9. The number of fused-ring (bicyclic) bond motifs is 4. The first-order chi connectivity index (χ1) is 36.3. The lowest BCUT2D eigenvalue weighted by molar-refractivity contribution is -0.141. The van der Waals surface area contributed by atoms with Gasteiger partial charge in [-0.25, -0.2) is 9.97 Å². The number of aliphatic hydroxyl groups is 1. The molecule has 0 spiro atoms. The molecule has 394 valence electrons. The maximum absolute atomic E-state index is 14.3. The second-order valence-corrected chi connectivity index (χ2v) is 22.0. The van der Waals surface area contributed by atoms with Crippen LogP contribution in [0.4, 0.5) is 17.2 Å². The summed E-state index contributed by atoms with van der Waals surface area (Å²) >= 11 is 1.59. The maximum Gasteiger partial charge on any atom is 0.254 e. The van der Waals surface area contributed by atoms with Gasteiger partial charge in [-0.05, 0) is 79.6 Å². The summed E-state index contributed by atoms with van der Waals surface area (Å²) in [6, 6.07) is 23.2. The van der Waals surface area contributed by atoms with Crippen LogP contribution in [0.25, 0.3) is 21.7 Å². The predicted octanol–water partition coefficient (Wildman–Crippen LogP) is 5.90. The highest BCUT2D eigenvalue weighted by Gasteiger charge is 2.46. The molecule has 19 nitrogen and oxygen atoms in total. The van der Waals surface area contributed by atoms with Gasteiger partial charge in [-0.1, -0.05) is 50.2 Å². The largest absolute Gasteiger partial charge is 0.507 e. The highest BCUT2D eigenvalue weighted by molar-refractivity contribution is 7.13. The van der Waals surface area contributed by atoms with Gasteiger partial charge in [-0.15, -0.1) is 21.5 Å². The normalized spacial score (nSPS) is 23.3. The number of anilines is 3. The molecule has 75 heavy (non-hydrogen) atoms. The first-order valence-electron chi connectivity index (χ1n) is 26.3. The topological polar surface area (TPSA) is 225 Å². The number of aryl methyl sites for hydroxylation is 1. The number of amides is 2. The number of carbonyl (C=O) groups excluding carboxylic acids is 2. The summed E-state index contributed by atoms with van der Waals surface area (Å²) in [5.41, 5.74) is 14.4. The Kier molecular flexibility index (Phi) is 14.4. The van der Waals surface area contributed by atoms with Crippen molar-refractivity contribution in [1.82, 2.24) is 45.3 Å². The number of β-amino-alcohol motifs (C(OH)–C–C–N with tert-alkyl or cyclic N) is 1. The fourth-order valence-electron chi connectivity index (χ4n) is 12.1. The average molecular weight is 1040 g/mol. The van der Waals surface area contributed by atoms with Gasteiger partial charge < -0.3 is 50.0 Å². The number of nitrogens with two attached hydrogens (primary N) is 1. The number of phenols is 1. The minimum atomic E-state index is -0.829. The third kappa shape index (κ3) is 10.4. The zero-order valence-corrected chi connectivity index (χ0v) is 43.7. The van der Waals surface area contributed by atoms with E-state index in [4.69, 9.17) is 19.7 Å². The Morgan fingerprint density at radius 2 is 1.61 bits per heavy atom. The number of pyridine rings is 1. The Bertz CT molecular complexity index is 2960. The first-order valence-corrected chi connectivity index (χ1v) is 27.1. The molecular formula is C55H66N12O7S. The summed E-state index contributed by atoms with van der Waals surface area (Å²) in [6.45, 7) is 13.8. The number of nitrogens with one attached hydrogen (secondary N) is 1. The second kappa shape index (κ2) is 21.4. The molecule has 0 aliphatic carbocycles. The van der Waals surface area contributed by atoms with Crippen molar-refractivity contribution in [3.8, 4) is 39.2 Å². The summed E-state index contributed by atoms with van der Waals surface area (Å²) < 4.78 is 18.2. The number of nitrogens with zero attached hydrogens (tertiary/aromatic N) is 10. The molecule has 6 aliphatic rings. The minimum absolute atomic E-state index is 0.0542. The lowest BCUT2D eigenvalue weighted by Gasteiger charge is -2.56. The number of aliphatic hydroxyl groups excluding tert-OH is 1. The summed E-state index contributed by atoms with van der Waals surface area (Å²) in [5.74, 6) is 0.345. The van der Waals surface area contributed by atoms with Crippen LogP contribution in [0.3, 0.4) is 0 Å². The molecule has 2 amide bonds. The van der Waals surface area contributed by atoms with E-state index < -0.39 is 18.1 Å². The van der Waals surface area contributed by atoms with E-state index in [1.807, 2.05) is 81.9 Å². The van der Waals surface area contributed by atoms with Crippen molar-refractivity contribution in [2.75, 3.05) is 74.6 Å². The van der Waals surface area contributed by atoms with E-state index in [1.165, 1.54) is 4.90 Å². The number of thiazole rings is 1. The number of nitrogen functional groups attached to an aromatic ring is 1. The van der Waals surface area contributed by atoms with Gasteiger partial charge in [0.2, 0.25) is 17.7 Å². The minimum Gasteiger partial charge on any atom is -0.507 e. The number of aromatic nitrogens is 5. The molecule has 0 radical (unpaired) electrons. The lowest BCUT2D eigenvalue weighted by atomic mass is 9.87. The number of hydrogen-bond acceptors (Lipinski definition) is 18. The fraction of sp³-hybridized carbons (Fsp3) is 0.473. The molecule has 10 heterocycles. The van der Waals surface area contributed by atoms with Crippen molar-refractivity contribution < 1.29 is 33.8 Å². The average Bonchev–Trinajstić information content (AvgIpc) is 4.21. The van der Waals surface area contributed by atoms with Crippen LogP contribution in [-0.4, -0.2) is 157 Å². The van der Waals surface area contributed by atoms with Crippen LogP contribution in [0, 0.1) is 12.8 Å². The van der Waals surface area contributed by atoms with Crippen molar-refractivity contribution in [1.29, 1.82) is 0 Å². The maximum atomic E-state index is 14.3. The molecule has 12 rings (SSSR count). The molecule has 8 atom stereocenters. The highest BCUT2D eigenvalue weighted by Crippen LogP contribution is 2.40. The predicted molar refractivity (Wildman–Crippen MR) is 285 cm³/mol. The molecule has 5 unspecified atom stereocenters. The summed E-state index contributed by atoms with van der Waals surface area (Å²) in [4.78, 5) is 49.4. The number of hydrogen-bond donors (Lipinski definition) is 4. The van der Waals surface area contributed by atoms with Gasteiger partial charge in [0.25, 0.3) is 5.88 Å². The molecule has 20 heteroatoms. The third-order valence-corrected chi connectivity index (χ3v) is 16.9. The van der Waals surface area contributed by atoms with Crippen LogP contribution >= 0.6 is 11.3 Å². The molecule has 6 aromatic rings. The summed E-state index contributed by atoms with van der Waals surface area (Å²) in [7, 11) is 0. The van der Waals surface area contributed by atoms with E-state index in [2.05, 4.69) is 62.4 Å². The van der Waals surface area contributed by atoms with Gasteiger partial charge in [0.05, 0.1) is 39.6 Å². The van der Waals surface area contributed by atoms with E-state index in [-0.39, 0.29) is 54.6 Å². The number of piperidine rings is 1. The number of ether oxygens (including phenoxy) is 2. The van der Waals surface area contributed by atoms with Crippen LogP contribution < -0.4 is 30.3 Å². The van der Waals surface area contributed by atoms with Crippen molar-refractivity contribution in [2.24, 2.45) is 5.92 Å². The molecule has 6 fully saturated rings. The van der Waals surface area contributed by atoms with E-state index in [0.29, 0.717) is 59.9 Å². The van der Waals surface area contributed by atoms with E-state index in [9.17, 15) is 19.8 Å². The van der Waals surface area contributed by atoms with Gasteiger partial charge in [-0.2, -0.15) is 0 Å².